The van der Waals surface area contributed by atoms with Crippen LogP contribution in [0.15, 0.2) is 42.5 Å². The number of unbranched alkanes of at least 4 members (excludes halogenated alkanes) is 1. The van der Waals surface area contributed by atoms with Gasteiger partial charge in [-0.05, 0) is 60.7 Å². The van der Waals surface area contributed by atoms with Crippen LogP contribution in [0, 0.1) is 13.8 Å². The second kappa shape index (κ2) is 8.34. The van der Waals surface area contributed by atoms with Gasteiger partial charge in [0.2, 0.25) is 0 Å². The Morgan fingerprint density at radius 2 is 1.79 bits per heavy atom. The van der Waals surface area contributed by atoms with E-state index in [1.165, 1.54) is 0 Å². The van der Waals surface area contributed by atoms with Gasteiger partial charge in [-0.15, -0.1) is 0 Å². The highest BCUT2D eigenvalue weighted by molar-refractivity contribution is 6.20. The van der Waals surface area contributed by atoms with E-state index in [2.05, 4.69) is 6.92 Å². The summed E-state index contributed by atoms with van der Waals surface area (Å²) >= 11 is 0. The van der Waals surface area contributed by atoms with Crippen LogP contribution >= 0.6 is 0 Å². The predicted octanol–water partition coefficient (Wildman–Crippen LogP) is 5.11. The van der Waals surface area contributed by atoms with Crippen molar-refractivity contribution in [3.05, 3.63) is 64.7 Å². The van der Waals surface area contributed by atoms with E-state index in [1.807, 2.05) is 56.3 Å². The van der Waals surface area contributed by atoms with Crippen LogP contribution in [0.5, 0.6) is 5.75 Å². The predicted molar refractivity (Wildman–Crippen MR) is 98.3 cm³/mol. The van der Waals surface area contributed by atoms with Crippen LogP contribution in [-0.4, -0.2) is 17.7 Å². The van der Waals surface area contributed by atoms with E-state index in [0.717, 1.165) is 35.3 Å². The molecular weight excluding hydrogens is 300 g/mol. The fourth-order valence-electron chi connectivity index (χ4n) is 2.34. The van der Waals surface area contributed by atoms with E-state index in [0.29, 0.717) is 12.2 Å². The lowest BCUT2D eigenvalue weighted by Crippen LogP contribution is -2.00. The topological polar surface area (TPSA) is 46.5 Å². The third-order valence-corrected chi connectivity index (χ3v) is 4.01. The van der Waals surface area contributed by atoms with Gasteiger partial charge >= 0.3 is 5.97 Å². The molecule has 0 fully saturated rings. The number of ether oxygens (including phenoxy) is 1. The maximum absolute atomic E-state index is 11.6. The molecule has 2 rings (SSSR count). The summed E-state index contributed by atoms with van der Waals surface area (Å²) in [6.45, 7) is 6.83. The van der Waals surface area contributed by atoms with Gasteiger partial charge in [0.05, 0.1) is 12.2 Å². The Balaban J connectivity index is 2.24. The quantitative estimate of drug-likeness (QED) is 0.437. The lowest BCUT2D eigenvalue weighted by Gasteiger charge is -2.08. The number of carboxylic acids is 1. The van der Waals surface area contributed by atoms with Crippen molar-refractivity contribution in [1.82, 2.24) is 0 Å². The van der Waals surface area contributed by atoms with Crippen molar-refractivity contribution in [2.75, 3.05) is 6.61 Å². The molecule has 2 aromatic carbocycles. The van der Waals surface area contributed by atoms with Crippen LogP contribution in [0.1, 0.15) is 42.0 Å². The minimum Gasteiger partial charge on any atom is -0.494 e. The zero-order valence-electron chi connectivity index (χ0n) is 14.5. The summed E-state index contributed by atoms with van der Waals surface area (Å²) in [6, 6.07) is 13.2. The lowest BCUT2D eigenvalue weighted by molar-refractivity contribution is -0.130. The second-order valence-electron chi connectivity index (χ2n) is 5.93. The molecule has 0 atom stereocenters. The van der Waals surface area contributed by atoms with Crippen molar-refractivity contribution in [3.8, 4) is 5.75 Å². The van der Waals surface area contributed by atoms with Crippen molar-refractivity contribution in [2.24, 2.45) is 0 Å². The van der Waals surface area contributed by atoms with E-state index >= 15 is 0 Å². The number of aliphatic carboxylic acids is 1. The SMILES string of the molecule is CCCCOc1ccc(/C=C(\C(=O)O)c2ccc(C)c(C)c2)cc1. The Morgan fingerprint density at radius 1 is 1.08 bits per heavy atom. The van der Waals surface area contributed by atoms with Crippen LogP contribution in [-0.2, 0) is 4.79 Å². The van der Waals surface area contributed by atoms with Gasteiger partial charge in [0.1, 0.15) is 5.75 Å². The summed E-state index contributed by atoms with van der Waals surface area (Å²) in [6.07, 6.45) is 3.82. The smallest absolute Gasteiger partial charge is 0.336 e. The van der Waals surface area contributed by atoms with E-state index in [1.54, 1.807) is 6.08 Å². The van der Waals surface area contributed by atoms with Crippen LogP contribution in [0.2, 0.25) is 0 Å². The fraction of sp³-hybridized carbons (Fsp3) is 0.286. The number of carbonyl (C=O) groups is 1. The number of carboxylic acid groups (broad SMARTS) is 1. The molecule has 0 unspecified atom stereocenters. The van der Waals surface area contributed by atoms with Gasteiger partial charge in [0.25, 0.3) is 0 Å². The first-order chi connectivity index (χ1) is 11.5. The minimum absolute atomic E-state index is 0.290. The van der Waals surface area contributed by atoms with Crippen molar-refractivity contribution in [2.45, 2.75) is 33.6 Å². The summed E-state index contributed by atoms with van der Waals surface area (Å²) in [5.74, 6) is -0.120. The minimum atomic E-state index is -0.929. The average molecular weight is 324 g/mol. The highest BCUT2D eigenvalue weighted by Crippen LogP contribution is 2.22. The first kappa shape index (κ1) is 17.8. The van der Waals surface area contributed by atoms with Crippen molar-refractivity contribution in [1.29, 1.82) is 0 Å². The molecule has 3 nitrogen and oxygen atoms in total. The Kier molecular flexibility index (Phi) is 6.19. The molecule has 0 bridgehead atoms. The Morgan fingerprint density at radius 3 is 2.38 bits per heavy atom. The summed E-state index contributed by atoms with van der Waals surface area (Å²) < 4.78 is 5.63. The molecule has 0 saturated heterocycles. The molecule has 0 radical (unpaired) electrons. The zero-order chi connectivity index (χ0) is 17.5. The van der Waals surface area contributed by atoms with Crippen LogP contribution in [0.4, 0.5) is 0 Å². The van der Waals surface area contributed by atoms with Gasteiger partial charge in [0, 0.05) is 0 Å². The van der Waals surface area contributed by atoms with Crippen molar-refractivity contribution >= 4 is 17.6 Å². The first-order valence-corrected chi connectivity index (χ1v) is 8.26. The average Bonchev–Trinajstić information content (AvgIpc) is 2.56. The van der Waals surface area contributed by atoms with E-state index in [4.69, 9.17) is 4.74 Å². The zero-order valence-corrected chi connectivity index (χ0v) is 14.5. The molecular formula is C21H24O3. The highest BCUT2D eigenvalue weighted by atomic mass is 16.5. The largest absolute Gasteiger partial charge is 0.494 e. The summed E-state index contributed by atoms with van der Waals surface area (Å²) in [7, 11) is 0. The van der Waals surface area contributed by atoms with Crippen LogP contribution in [0.25, 0.3) is 11.6 Å². The van der Waals surface area contributed by atoms with Crippen LogP contribution in [0.3, 0.4) is 0 Å². The second-order valence-corrected chi connectivity index (χ2v) is 5.93. The molecule has 0 aliphatic heterocycles. The molecule has 126 valence electrons. The third kappa shape index (κ3) is 4.72. The standard InChI is InChI=1S/C21H24O3/c1-4-5-12-24-19-10-7-17(8-11-19)14-20(21(22)23)18-9-6-15(2)16(3)13-18/h6-11,13-14H,4-5,12H2,1-3H3,(H,22,23)/b20-14-. The Hall–Kier alpha value is -2.55. The number of rotatable bonds is 7. The molecule has 0 aliphatic carbocycles. The van der Waals surface area contributed by atoms with Crippen molar-refractivity contribution < 1.29 is 14.6 Å². The molecule has 0 heterocycles. The molecule has 1 N–H and O–H groups in total. The molecule has 0 amide bonds. The number of hydrogen-bond acceptors (Lipinski definition) is 2. The van der Waals surface area contributed by atoms with Gasteiger partial charge in [-0.1, -0.05) is 43.7 Å². The maximum Gasteiger partial charge on any atom is 0.336 e. The number of benzene rings is 2. The van der Waals surface area contributed by atoms with Crippen LogP contribution < -0.4 is 4.74 Å². The molecule has 0 aromatic heterocycles. The van der Waals surface area contributed by atoms with Gasteiger partial charge in [0.15, 0.2) is 0 Å². The fourth-order valence-corrected chi connectivity index (χ4v) is 2.34. The van der Waals surface area contributed by atoms with E-state index in [9.17, 15) is 9.90 Å². The Labute approximate surface area is 143 Å². The van der Waals surface area contributed by atoms with Gasteiger partial charge in [-0.3, -0.25) is 0 Å². The summed E-state index contributed by atoms with van der Waals surface area (Å²) in [5, 5.41) is 9.55. The number of aryl methyl sites for hydroxylation is 2. The first-order valence-electron chi connectivity index (χ1n) is 8.26. The lowest BCUT2D eigenvalue weighted by atomic mass is 9.99. The highest BCUT2D eigenvalue weighted by Gasteiger charge is 2.11. The normalized spacial score (nSPS) is 11.4. The van der Waals surface area contributed by atoms with Gasteiger partial charge in [-0.2, -0.15) is 0 Å². The summed E-state index contributed by atoms with van der Waals surface area (Å²) in [5.41, 5.74) is 4.08. The maximum atomic E-state index is 11.6. The molecule has 2 aromatic rings. The van der Waals surface area contributed by atoms with E-state index < -0.39 is 5.97 Å². The van der Waals surface area contributed by atoms with Crippen molar-refractivity contribution in [3.63, 3.8) is 0 Å². The van der Waals surface area contributed by atoms with E-state index in [-0.39, 0.29) is 5.57 Å². The number of hydrogen-bond donors (Lipinski definition) is 1. The monoisotopic (exact) mass is 324 g/mol. The summed E-state index contributed by atoms with van der Waals surface area (Å²) in [4.78, 5) is 11.6. The molecule has 0 spiro atoms. The molecule has 3 heteroatoms. The molecule has 0 aliphatic rings. The van der Waals surface area contributed by atoms with Gasteiger partial charge < -0.3 is 9.84 Å². The van der Waals surface area contributed by atoms with Gasteiger partial charge in [-0.25, -0.2) is 4.79 Å². The third-order valence-electron chi connectivity index (χ3n) is 4.01. The molecule has 24 heavy (non-hydrogen) atoms. The Bertz CT molecular complexity index is 727. The molecule has 0 saturated carbocycles.